The van der Waals surface area contributed by atoms with Crippen LogP contribution < -0.4 is 9.47 Å². The highest BCUT2D eigenvalue weighted by molar-refractivity contribution is 6.30. The van der Waals surface area contributed by atoms with E-state index in [-0.39, 0.29) is 12.5 Å². The molecule has 4 aromatic rings. The largest absolute Gasteiger partial charge is 0.497 e. The Labute approximate surface area is 202 Å². The Morgan fingerprint density at radius 2 is 1.47 bits per heavy atom. The van der Waals surface area contributed by atoms with Crippen LogP contribution in [0.25, 0.3) is 10.9 Å². The van der Waals surface area contributed by atoms with Crippen molar-refractivity contribution in [1.29, 1.82) is 0 Å². The van der Waals surface area contributed by atoms with Crippen molar-refractivity contribution in [1.82, 2.24) is 4.57 Å². The van der Waals surface area contributed by atoms with Gasteiger partial charge in [0.1, 0.15) is 11.5 Å². The van der Waals surface area contributed by atoms with Gasteiger partial charge in [0.05, 0.1) is 31.9 Å². The highest BCUT2D eigenvalue weighted by atomic mass is 35.5. The number of benzene rings is 3. The summed E-state index contributed by atoms with van der Waals surface area (Å²) in [6.07, 6.45) is 0.443. The van der Waals surface area contributed by atoms with Crippen molar-refractivity contribution in [3.63, 3.8) is 0 Å². The number of halogens is 1. The van der Waals surface area contributed by atoms with Gasteiger partial charge in [-0.2, -0.15) is 0 Å². The van der Waals surface area contributed by atoms with Crippen LogP contribution in [0.5, 0.6) is 11.5 Å². The number of rotatable bonds is 7. The molecule has 0 unspecified atom stereocenters. The molecule has 0 bridgehead atoms. The fourth-order valence-electron chi connectivity index (χ4n) is 3.94. The number of fused-ring (bicyclic) bond motifs is 1. The van der Waals surface area contributed by atoms with Gasteiger partial charge in [-0.3, -0.25) is 9.36 Å². The van der Waals surface area contributed by atoms with E-state index in [0.29, 0.717) is 34.1 Å². The van der Waals surface area contributed by atoms with Crippen LogP contribution >= 0.6 is 11.6 Å². The van der Waals surface area contributed by atoms with Gasteiger partial charge >= 0.3 is 5.97 Å². The molecule has 0 spiro atoms. The molecule has 0 atom stereocenters. The number of nitrogens with zero attached hydrogens (tertiary/aromatic N) is 1. The first-order valence-electron chi connectivity index (χ1n) is 10.7. The molecule has 3 aromatic carbocycles. The number of aromatic nitrogens is 1. The topological polar surface area (TPSA) is 66.8 Å². The van der Waals surface area contributed by atoms with Crippen molar-refractivity contribution in [3.05, 3.63) is 94.1 Å². The molecule has 0 aliphatic carbocycles. The van der Waals surface area contributed by atoms with Crippen molar-refractivity contribution in [2.24, 2.45) is 0 Å². The molecule has 0 saturated carbocycles. The highest BCUT2D eigenvalue weighted by Crippen LogP contribution is 2.31. The second-order valence-electron chi connectivity index (χ2n) is 7.71. The van der Waals surface area contributed by atoms with Crippen LogP contribution in [0.1, 0.15) is 32.0 Å². The van der Waals surface area contributed by atoms with Crippen molar-refractivity contribution < 1.29 is 23.8 Å². The minimum Gasteiger partial charge on any atom is -0.497 e. The molecule has 0 amide bonds. The Bertz CT molecular complexity index is 1340. The monoisotopic (exact) mass is 477 g/mol. The normalized spacial score (nSPS) is 10.8. The first-order valence-corrected chi connectivity index (χ1v) is 11.1. The average molecular weight is 478 g/mol. The molecule has 0 radical (unpaired) electrons. The van der Waals surface area contributed by atoms with E-state index in [1.807, 2.05) is 25.1 Å². The Morgan fingerprint density at radius 1 is 0.853 bits per heavy atom. The van der Waals surface area contributed by atoms with Crippen LogP contribution in [0.15, 0.2) is 66.7 Å². The van der Waals surface area contributed by atoms with Crippen LogP contribution in [0.4, 0.5) is 0 Å². The second-order valence-corrected chi connectivity index (χ2v) is 8.15. The van der Waals surface area contributed by atoms with Crippen LogP contribution in [0.2, 0.25) is 5.02 Å². The van der Waals surface area contributed by atoms with Crippen LogP contribution in [0, 0.1) is 6.92 Å². The summed E-state index contributed by atoms with van der Waals surface area (Å²) < 4.78 is 17.7. The molecular weight excluding hydrogens is 454 g/mol. The lowest BCUT2D eigenvalue weighted by atomic mass is 10.1. The van der Waals surface area contributed by atoms with Gasteiger partial charge in [-0.15, -0.1) is 0 Å². The van der Waals surface area contributed by atoms with E-state index < -0.39 is 5.97 Å². The smallest absolute Gasteiger partial charge is 0.338 e. The van der Waals surface area contributed by atoms with Crippen LogP contribution in [-0.2, 0) is 11.2 Å². The minimum absolute atomic E-state index is 0.161. The summed E-state index contributed by atoms with van der Waals surface area (Å²) >= 11 is 5.99. The first-order chi connectivity index (χ1) is 16.4. The molecule has 0 aliphatic rings. The zero-order valence-electron chi connectivity index (χ0n) is 19.1. The van der Waals surface area contributed by atoms with Crippen molar-refractivity contribution >= 4 is 34.4 Å². The van der Waals surface area contributed by atoms with E-state index in [1.54, 1.807) is 67.3 Å². The van der Waals surface area contributed by atoms with E-state index in [2.05, 4.69) is 0 Å². The molecule has 4 rings (SSSR count). The lowest BCUT2D eigenvalue weighted by molar-refractivity contribution is 0.0509. The van der Waals surface area contributed by atoms with E-state index >= 15 is 0 Å². The molecule has 174 valence electrons. The number of ether oxygens (including phenoxy) is 3. The molecule has 0 aliphatic heterocycles. The summed E-state index contributed by atoms with van der Waals surface area (Å²) in [5, 5.41) is 1.44. The third-order valence-electron chi connectivity index (χ3n) is 5.75. The summed E-state index contributed by atoms with van der Waals surface area (Å²) in [7, 11) is 3.17. The molecule has 6 nitrogen and oxygen atoms in total. The molecule has 0 N–H and O–H groups in total. The quantitative estimate of drug-likeness (QED) is 0.319. The zero-order valence-corrected chi connectivity index (χ0v) is 19.9. The molecular formula is C27H24ClNO5. The number of hydrogen-bond acceptors (Lipinski definition) is 5. The van der Waals surface area contributed by atoms with Gasteiger partial charge < -0.3 is 14.2 Å². The summed E-state index contributed by atoms with van der Waals surface area (Å²) in [4.78, 5) is 25.8. The predicted octanol–water partition coefficient (Wildman–Crippen LogP) is 5.71. The fraction of sp³-hybridized carbons (Fsp3) is 0.185. The lowest BCUT2D eigenvalue weighted by Gasteiger charge is -2.09. The standard InChI is InChI=1S/C27H24ClNO5/c1-17-23(14-15-34-27(31)19-6-10-21(32-2)11-7-19)24-16-22(33-3)12-13-25(24)29(17)26(30)18-4-8-20(28)9-5-18/h4-13,16H,14-15H2,1-3H3. The zero-order chi connectivity index (χ0) is 24.2. The summed E-state index contributed by atoms with van der Waals surface area (Å²) in [6, 6.07) is 19.1. The van der Waals surface area contributed by atoms with Crippen LogP contribution in [0.3, 0.4) is 0 Å². The van der Waals surface area contributed by atoms with E-state index in [1.165, 1.54) is 0 Å². The second kappa shape index (κ2) is 10.0. The van der Waals surface area contributed by atoms with Gasteiger partial charge in [0, 0.05) is 28.1 Å². The summed E-state index contributed by atoms with van der Waals surface area (Å²) in [6.45, 7) is 2.05. The Balaban J connectivity index is 1.62. The van der Waals surface area contributed by atoms with Crippen molar-refractivity contribution in [2.75, 3.05) is 20.8 Å². The maximum atomic E-state index is 13.4. The van der Waals surface area contributed by atoms with Gasteiger partial charge in [0.2, 0.25) is 0 Å². The van der Waals surface area contributed by atoms with Crippen LogP contribution in [-0.4, -0.2) is 37.3 Å². The Kier molecular flexibility index (Phi) is 6.89. The molecule has 34 heavy (non-hydrogen) atoms. The molecule has 1 heterocycles. The summed E-state index contributed by atoms with van der Waals surface area (Å²) in [5.74, 6) is 0.768. The van der Waals surface area contributed by atoms with E-state index in [9.17, 15) is 9.59 Å². The maximum Gasteiger partial charge on any atom is 0.338 e. The third kappa shape index (κ3) is 4.63. The number of esters is 1. The number of carbonyl (C=O) groups is 2. The molecule has 0 fully saturated rings. The first kappa shape index (κ1) is 23.4. The average Bonchev–Trinajstić information content (AvgIpc) is 3.14. The van der Waals surface area contributed by atoms with Gasteiger partial charge in [-0.05, 0) is 79.2 Å². The Hall–Kier alpha value is -3.77. The molecule has 0 saturated heterocycles. The summed E-state index contributed by atoms with van der Waals surface area (Å²) in [5.41, 5.74) is 3.43. The predicted molar refractivity (Wildman–Crippen MR) is 131 cm³/mol. The fourth-order valence-corrected chi connectivity index (χ4v) is 4.07. The van der Waals surface area contributed by atoms with E-state index in [0.717, 1.165) is 22.2 Å². The lowest BCUT2D eigenvalue weighted by Crippen LogP contribution is -2.14. The molecule has 1 aromatic heterocycles. The SMILES string of the molecule is COc1ccc(C(=O)OCCc2c(C)n(C(=O)c3ccc(Cl)cc3)c3ccc(OC)cc23)cc1. The van der Waals surface area contributed by atoms with Crippen molar-refractivity contribution in [2.45, 2.75) is 13.3 Å². The minimum atomic E-state index is -0.418. The van der Waals surface area contributed by atoms with Crippen molar-refractivity contribution in [3.8, 4) is 11.5 Å². The third-order valence-corrected chi connectivity index (χ3v) is 6.00. The van der Waals surface area contributed by atoms with Gasteiger partial charge in [0.25, 0.3) is 5.91 Å². The van der Waals surface area contributed by atoms with E-state index in [4.69, 9.17) is 25.8 Å². The maximum absolute atomic E-state index is 13.4. The number of hydrogen-bond donors (Lipinski definition) is 0. The number of methoxy groups -OCH3 is 2. The van der Waals surface area contributed by atoms with Gasteiger partial charge in [-0.1, -0.05) is 11.6 Å². The Morgan fingerprint density at radius 3 is 2.12 bits per heavy atom. The molecule has 7 heteroatoms. The number of carbonyl (C=O) groups excluding carboxylic acids is 2. The highest BCUT2D eigenvalue weighted by Gasteiger charge is 2.21. The van der Waals surface area contributed by atoms with Gasteiger partial charge in [0.15, 0.2) is 0 Å². The van der Waals surface area contributed by atoms with Gasteiger partial charge in [-0.25, -0.2) is 4.79 Å².